The molecule has 0 saturated carbocycles. The zero-order valence-corrected chi connectivity index (χ0v) is 13.4. The number of hydrazone groups is 1. The Hall–Kier alpha value is -3.02. The molecule has 0 fully saturated rings. The minimum atomic E-state index is -0.566. The first kappa shape index (κ1) is 17.3. The van der Waals surface area contributed by atoms with E-state index in [4.69, 9.17) is 4.74 Å². The van der Waals surface area contributed by atoms with Gasteiger partial charge >= 0.3 is 0 Å². The monoisotopic (exact) mass is 328 g/mol. The second-order valence-corrected chi connectivity index (χ2v) is 5.17. The standard InChI is InChI=1S/C18H20N2O4/c1-2-3-10-24-15-7-4-13(5-8-15)12-19-20-18(23)16-9-6-14(21)11-17(16)22/h4-9,11-12,21-22H,2-3,10H2,1H3,(H,20,23)/b19-12+. The van der Waals surface area contributed by atoms with Gasteiger partial charge in [0.05, 0.1) is 18.4 Å². The van der Waals surface area contributed by atoms with Gasteiger partial charge in [-0.15, -0.1) is 0 Å². The van der Waals surface area contributed by atoms with E-state index in [9.17, 15) is 15.0 Å². The molecule has 126 valence electrons. The number of benzene rings is 2. The molecule has 6 heteroatoms. The minimum absolute atomic E-state index is 0.0321. The molecule has 0 heterocycles. The van der Waals surface area contributed by atoms with E-state index in [1.54, 1.807) is 0 Å². The summed E-state index contributed by atoms with van der Waals surface area (Å²) in [5, 5.41) is 22.7. The third kappa shape index (κ3) is 5.01. The van der Waals surface area contributed by atoms with Crippen LogP contribution >= 0.6 is 0 Å². The van der Waals surface area contributed by atoms with Crippen molar-refractivity contribution in [2.45, 2.75) is 19.8 Å². The van der Waals surface area contributed by atoms with Crippen LogP contribution in [-0.2, 0) is 0 Å². The van der Waals surface area contributed by atoms with Crippen molar-refractivity contribution in [3.8, 4) is 17.2 Å². The van der Waals surface area contributed by atoms with E-state index in [1.807, 2.05) is 24.3 Å². The Morgan fingerprint density at radius 1 is 1.21 bits per heavy atom. The van der Waals surface area contributed by atoms with Crippen molar-refractivity contribution in [3.63, 3.8) is 0 Å². The predicted octanol–water partition coefficient (Wildman–Crippen LogP) is 3.04. The number of rotatable bonds is 7. The highest BCUT2D eigenvalue weighted by atomic mass is 16.5. The maximum atomic E-state index is 11.9. The highest BCUT2D eigenvalue weighted by Gasteiger charge is 2.10. The van der Waals surface area contributed by atoms with Crippen LogP contribution in [0.2, 0.25) is 0 Å². The number of carbonyl (C=O) groups is 1. The van der Waals surface area contributed by atoms with Gasteiger partial charge in [0.15, 0.2) is 0 Å². The molecule has 0 atom stereocenters. The zero-order valence-electron chi connectivity index (χ0n) is 13.4. The number of carbonyl (C=O) groups excluding carboxylic acids is 1. The maximum absolute atomic E-state index is 11.9. The molecular weight excluding hydrogens is 308 g/mol. The van der Waals surface area contributed by atoms with Crippen LogP contribution in [0, 0.1) is 0 Å². The molecular formula is C18H20N2O4. The van der Waals surface area contributed by atoms with Crippen LogP contribution in [0.3, 0.4) is 0 Å². The molecule has 0 unspecified atom stereocenters. The van der Waals surface area contributed by atoms with Crippen LogP contribution < -0.4 is 10.2 Å². The van der Waals surface area contributed by atoms with Crippen molar-refractivity contribution in [1.82, 2.24) is 5.43 Å². The van der Waals surface area contributed by atoms with Crippen molar-refractivity contribution in [2.75, 3.05) is 6.61 Å². The third-order valence-electron chi connectivity index (χ3n) is 3.25. The van der Waals surface area contributed by atoms with Crippen molar-refractivity contribution in [1.29, 1.82) is 0 Å². The fraction of sp³-hybridized carbons (Fsp3) is 0.222. The number of hydrogen-bond donors (Lipinski definition) is 3. The Morgan fingerprint density at radius 3 is 2.62 bits per heavy atom. The molecule has 0 radical (unpaired) electrons. The van der Waals surface area contributed by atoms with Gasteiger partial charge in [0.1, 0.15) is 17.2 Å². The lowest BCUT2D eigenvalue weighted by Crippen LogP contribution is -2.17. The fourth-order valence-electron chi connectivity index (χ4n) is 1.92. The minimum Gasteiger partial charge on any atom is -0.508 e. The average Bonchev–Trinajstić information content (AvgIpc) is 2.56. The molecule has 0 bridgehead atoms. The van der Waals surface area contributed by atoms with Crippen molar-refractivity contribution < 1.29 is 19.7 Å². The molecule has 2 aromatic rings. The largest absolute Gasteiger partial charge is 0.508 e. The Balaban J connectivity index is 1.90. The Kier molecular flexibility index (Phi) is 6.19. The van der Waals surface area contributed by atoms with E-state index < -0.39 is 5.91 Å². The number of nitrogens with one attached hydrogen (secondary N) is 1. The molecule has 0 saturated heterocycles. The lowest BCUT2D eigenvalue weighted by atomic mass is 10.2. The van der Waals surface area contributed by atoms with Crippen molar-refractivity contribution in [3.05, 3.63) is 53.6 Å². The van der Waals surface area contributed by atoms with E-state index in [0.717, 1.165) is 30.2 Å². The topological polar surface area (TPSA) is 91.2 Å². The molecule has 0 aromatic heterocycles. The summed E-state index contributed by atoms with van der Waals surface area (Å²) >= 11 is 0. The Morgan fingerprint density at radius 2 is 1.96 bits per heavy atom. The van der Waals surface area contributed by atoms with Gasteiger partial charge in [0, 0.05) is 6.07 Å². The number of ether oxygens (including phenoxy) is 1. The first-order chi connectivity index (χ1) is 11.6. The van der Waals surface area contributed by atoms with Crippen molar-refractivity contribution in [2.24, 2.45) is 5.10 Å². The summed E-state index contributed by atoms with van der Waals surface area (Å²) < 4.78 is 5.56. The molecule has 2 rings (SSSR count). The maximum Gasteiger partial charge on any atom is 0.275 e. The summed E-state index contributed by atoms with van der Waals surface area (Å²) in [7, 11) is 0. The summed E-state index contributed by atoms with van der Waals surface area (Å²) in [6, 6.07) is 11.1. The van der Waals surface area contributed by atoms with Crippen LogP contribution in [0.25, 0.3) is 0 Å². The van der Waals surface area contributed by atoms with Gasteiger partial charge in [-0.1, -0.05) is 13.3 Å². The highest BCUT2D eigenvalue weighted by molar-refractivity contribution is 5.97. The highest BCUT2D eigenvalue weighted by Crippen LogP contribution is 2.22. The summed E-state index contributed by atoms with van der Waals surface area (Å²) in [6.07, 6.45) is 3.59. The smallest absolute Gasteiger partial charge is 0.275 e. The molecule has 0 aliphatic carbocycles. The number of nitrogens with zero attached hydrogens (tertiary/aromatic N) is 1. The molecule has 0 aliphatic heterocycles. The SMILES string of the molecule is CCCCOc1ccc(/C=N/NC(=O)c2ccc(O)cc2O)cc1. The molecule has 3 N–H and O–H groups in total. The molecule has 0 aliphatic rings. The van der Waals surface area contributed by atoms with Crippen LogP contribution in [0.4, 0.5) is 0 Å². The molecule has 1 amide bonds. The molecule has 24 heavy (non-hydrogen) atoms. The molecule has 6 nitrogen and oxygen atoms in total. The second kappa shape index (κ2) is 8.57. The van der Waals surface area contributed by atoms with Gasteiger partial charge in [-0.25, -0.2) is 5.43 Å². The van der Waals surface area contributed by atoms with Crippen LogP contribution in [0.1, 0.15) is 35.7 Å². The van der Waals surface area contributed by atoms with E-state index >= 15 is 0 Å². The summed E-state index contributed by atoms with van der Waals surface area (Å²) in [4.78, 5) is 11.9. The normalized spacial score (nSPS) is 10.7. The summed E-state index contributed by atoms with van der Waals surface area (Å²) in [5.74, 6) is -0.202. The summed E-state index contributed by atoms with van der Waals surface area (Å²) in [5.41, 5.74) is 3.15. The predicted molar refractivity (Wildman–Crippen MR) is 91.7 cm³/mol. The lowest BCUT2D eigenvalue weighted by Gasteiger charge is -2.05. The molecule has 0 spiro atoms. The van der Waals surface area contributed by atoms with Crippen LogP contribution in [0.5, 0.6) is 17.2 Å². The third-order valence-corrected chi connectivity index (χ3v) is 3.25. The lowest BCUT2D eigenvalue weighted by molar-refractivity contribution is 0.0952. The Bertz CT molecular complexity index is 711. The van der Waals surface area contributed by atoms with Crippen LogP contribution in [-0.4, -0.2) is 28.9 Å². The van der Waals surface area contributed by atoms with E-state index in [0.29, 0.717) is 6.61 Å². The van der Waals surface area contributed by atoms with Crippen molar-refractivity contribution >= 4 is 12.1 Å². The second-order valence-electron chi connectivity index (χ2n) is 5.17. The number of aromatic hydroxyl groups is 2. The number of unbranched alkanes of at least 4 members (excludes halogenated alkanes) is 1. The quantitative estimate of drug-likeness (QED) is 0.414. The van der Waals surface area contributed by atoms with E-state index in [2.05, 4.69) is 17.5 Å². The zero-order chi connectivity index (χ0) is 17.4. The first-order valence-electron chi connectivity index (χ1n) is 7.68. The van der Waals surface area contributed by atoms with Gasteiger partial charge in [-0.2, -0.15) is 5.10 Å². The number of hydrogen-bond acceptors (Lipinski definition) is 5. The average molecular weight is 328 g/mol. The first-order valence-corrected chi connectivity index (χ1v) is 7.68. The molecule has 2 aromatic carbocycles. The van der Waals surface area contributed by atoms with Gasteiger partial charge in [-0.3, -0.25) is 4.79 Å². The van der Waals surface area contributed by atoms with E-state index in [1.165, 1.54) is 18.3 Å². The van der Waals surface area contributed by atoms with Gasteiger partial charge in [0.25, 0.3) is 5.91 Å². The van der Waals surface area contributed by atoms with Gasteiger partial charge in [-0.05, 0) is 48.4 Å². The van der Waals surface area contributed by atoms with Crippen LogP contribution in [0.15, 0.2) is 47.6 Å². The number of phenols is 2. The van der Waals surface area contributed by atoms with Gasteiger partial charge in [0.2, 0.25) is 0 Å². The van der Waals surface area contributed by atoms with E-state index in [-0.39, 0.29) is 17.1 Å². The van der Waals surface area contributed by atoms with Gasteiger partial charge < -0.3 is 14.9 Å². The Labute approximate surface area is 140 Å². The number of phenolic OH excluding ortho intramolecular Hbond substituents is 2. The number of amides is 1. The fourth-order valence-corrected chi connectivity index (χ4v) is 1.92. The summed E-state index contributed by atoms with van der Waals surface area (Å²) in [6.45, 7) is 2.80.